The molecule has 0 bridgehead atoms. The summed E-state index contributed by atoms with van der Waals surface area (Å²) in [6.07, 6.45) is 4.03. The number of pyridine rings is 1. The normalized spacial score (nSPS) is 10.1. The number of carbonyl (C=O) groups excluding carboxylic acids is 1. The number of nitrogens with zero attached hydrogens (tertiary/aromatic N) is 2. The first-order valence-corrected chi connectivity index (χ1v) is 5.93. The van der Waals surface area contributed by atoms with Gasteiger partial charge in [-0.2, -0.15) is 0 Å². The fourth-order valence-corrected chi connectivity index (χ4v) is 1.66. The van der Waals surface area contributed by atoms with Crippen LogP contribution in [0.25, 0.3) is 0 Å². The van der Waals surface area contributed by atoms with Gasteiger partial charge in [-0.15, -0.1) is 6.58 Å². The zero-order valence-corrected chi connectivity index (χ0v) is 10.6. The van der Waals surface area contributed by atoms with E-state index >= 15 is 0 Å². The first kappa shape index (κ1) is 14.0. The topological polar surface area (TPSA) is 68.3 Å². The van der Waals surface area contributed by atoms with Crippen LogP contribution in [0.5, 0.6) is 0 Å². The number of hydrogen-bond acceptors (Lipinski definition) is 3. The van der Waals surface area contributed by atoms with Gasteiger partial charge in [-0.1, -0.05) is 13.0 Å². The van der Waals surface area contributed by atoms with Gasteiger partial charge in [-0.3, -0.25) is 9.59 Å². The molecule has 0 atom stereocenters. The predicted octanol–water partition coefficient (Wildman–Crippen LogP) is 0.855. The van der Waals surface area contributed by atoms with Gasteiger partial charge in [0.1, 0.15) is 6.54 Å². The molecule has 0 aliphatic heterocycles. The molecule has 0 fully saturated rings. The van der Waals surface area contributed by atoms with Gasteiger partial charge in [-0.05, 0) is 12.5 Å². The van der Waals surface area contributed by atoms with Crippen molar-refractivity contribution in [3.63, 3.8) is 0 Å². The van der Waals surface area contributed by atoms with E-state index < -0.39 is 0 Å². The molecule has 1 heterocycles. The molecular weight excluding hydrogens is 230 g/mol. The first-order chi connectivity index (χ1) is 8.58. The molecule has 98 valence electrons. The summed E-state index contributed by atoms with van der Waals surface area (Å²) >= 11 is 0. The fraction of sp³-hybridized carbons (Fsp3) is 0.385. The van der Waals surface area contributed by atoms with Gasteiger partial charge in [0.25, 0.3) is 5.56 Å². The third-order valence-electron chi connectivity index (χ3n) is 2.51. The summed E-state index contributed by atoms with van der Waals surface area (Å²) in [5.41, 5.74) is 5.83. The van der Waals surface area contributed by atoms with Crippen LogP contribution in [0, 0.1) is 0 Å². The molecule has 0 aliphatic rings. The lowest BCUT2D eigenvalue weighted by molar-refractivity contribution is -0.131. The molecule has 0 aromatic carbocycles. The molecule has 1 amide bonds. The number of amides is 1. The van der Waals surface area contributed by atoms with E-state index in [9.17, 15) is 9.59 Å². The summed E-state index contributed by atoms with van der Waals surface area (Å²) < 4.78 is 1.32. The molecule has 0 spiro atoms. The number of hydrogen-bond donors (Lipinski definition) is 1. The smallest absolute Gasteiger partial charge is 0.251 e. The summed E-state index contributed by atoms with van der Waals surface area (Å²) in [6, 6.07) is 2.89. The van der Waals surface area contributed by atoms with E-state index in [1.54, 1.807) is 11.0 Å². The highest BCUT2D eigenvalue weighted by Gasteiger charge is 2.12. The molecule has 0 saturated carbocycles. The maximum absolute atomic E-state index is 12.0. The Morgan fingerprint density at radius 1 is 1.56 bits per heavy atom. The molecule has 0 radical (unpaired) electrons. The Bertz CT molecular complexity index is 479. The van der Waals surface area contributed by atoms with Crippen LogP contribution in [-0.2, 0) is 11.3 Å². The summed E-state index contributed by atoms with van der Waals surface area (Å²) in [5, 5.41) is 0. The quantitative estimate of drug-likeness (QED) is 0.760. The molecule has 1 rings (SSSR count). The van der Waals surface area contributed by atoms with Crippen LogP contribution in [0.1, 0.15) is 13.3 Å². The second kappa shape index (κ2) is 6.64. The lowest BCUT2D eigenvalue weighted by Crippen LogP contribution is -2.37. The second-order valence-electron chi connectivity index (χ2n) is 4.06. The van der Waals surface area contributed by atoms with Gasteiger partial charge in [-0.25, -0.2) is 0 Å². The van der Waals surface area contributed by atoms with Crippen LogP contribution >= 0.6 is 0 Å². The molecule has 1 aromatic heterocycles. The second-order valence-corrected chi connectivity index (χ2v) is 4.06. The van der Waals surface area contributed by atoms with Crippen LogP contribution < -0.4 is 11.3 Å². The Balaban J connectivity index is 2.81. The van der Waals surface area contributed by atoms with Gasteiger partial charge in [0.15, 0.2) is 0 Å². The molecule has 2 N–H and O–H groups in total. The number of aromatic nitrogens is 1. The van der Waals surface area contributed by atoms with E-state index in [0.29, 0.717) is 18.8 Å². The lowest BCUT2D eigenvalue weighted by atomic mass is 10.3. The van der Waals surface area contributed by atoms with E-state index in [0.717, 1.165) is 6.42 Å². The average molecular weight is 249 g/mol. The zero-order chi connectivity index (χ0) is 13.5. The van der Waals surface area contributed by atoms with Crippen LogP contribution in [-0.4, -0.2) is 28.5 Å². The Kier molecular flexibility index (Phi) is 5.17. The monoisotopic (exact) mass is 249 g/mol. The van der Waals surface area contributed by atoms with Crippen molar-refractivity contribution in [3.8, 4) is 0 Å². The maximum Gasteiger partial charge on any atom is 0.251 e. The summed E-state index contributed by atoms with van der Waals surface area (Å²) in [5.74, 6) is -0.107. The minimum atomic E-state index is -0.229. The highest BCUT2D eigenvalue weighted by Crippen LogP contribution is 1.99. The number of anilines is 1. The van der Waals surface area contributed by atoms with Gasteiger partial charge in [0.05, 0.1) is 0 Å². The standard InChI is InChI=1S/C13H19N3O2/c1-3-7-15(8-4-2)13(18)10-16-9-11(14)5-6-12(16)17/h3,5-6,9H,1,4,7-8,10,14H2,2H3. The molecular formula is C13H19N3O2. The molecule has 5 heteroatoms. The molecule has 0 aliphatic carbocycles. The van der Waals surface area contributed by atoms with Crippen molar-refractivity contribution in [1.29, 1.82) is 0 Å². The Labute approximate surface area is 107 Å². The van der Waals surface area contributed by atoms with Crippen molar-refractivity contribution in [2.45, 2.75) is 19.9 Å². The Hall–Kier alpha value is -2.04. The average Bonchev–Trinajstić information content (AvgIpc) is 2.33. The van der Waals surface area contributed by atoms with Crippen LogP contribution in [0.3, 0.4) is 0 Å². The summed E-state index contributed by atoms with van der Waals surface area (Å²) in [6.45, 7) is 6.77. The minimum Gasteiger partial charge on any atom is -0.398 e. The van der Waals surface area contributed by atoms with Gasteiger partial charge in [0, 0.05) is 31.0 Å². The highest BCUT2D eigenvalue weighted by atomic mass is 16.2. The Morgan fingerprint density at radius 3 is 2.89 bits per heavy atom. The van der Waals surface area contributed by atoms with Crippen molar-refractivity contribution in [3.05, 3.63) is 41.3 Å². The SMILES string of the molecule is C=CCN(CCC)C(=O)Cn1cc(N)ccc1=O. The lowest BCUT2D eigenvalue weighted by Gasteiger charge is -2.20. The van der Waals surface area contributed by atoms with Crippen molar-refractivity contribution < 1.29 is 4.79 Å². The summed E-state index contributed by atoms with van der Waals surface area (Å²) in [4.78, 5) is 25.3. The molecule has 18 heavy (non-hydrogen) atoms. The van der Waals surface area contributed by atoms with E-state index in [-0.39, 0.29) is 18.0 Å². The zero-order valence-electron chi connectivity index (χ0n) is 10.6. The van der Waals surface area contributed by atoms with Gasteiger partial charge >= 0.3 is 0 Å². The molecule has 1 aromatic rings. The third-order valence-corrected chi connectivity index (χ3v) is 2.51. The van der Waals surface area contributed by atoms with E-state index in [4.69, 9.17) is 5.73 Å². The van der Waals surface area contributed by atoms with Crippen LogP contribution in [0.4, 0.5) is 5.69 Å². The first-order valence-electron chi connectivity index (χ1n) is 5.93. The number of nitrogens with two attached hydrogens (primary N) is 1. The van der Waals surface area contributed by atoms with E-state index in [1.165, 1.54) is 22.9 Å². The largest absolute Gasteiger partial charge is 0.398 e. The van der Waals surface area contributed by atoms with E-state index in [1.807, 2.05) is 6.92 Å². The predicted molar refractivity (Wildman–Crippen MR) is 72.2 cm³/mol. The molecule has 0 unspecified atom stereocenters. The van der Waals surface area contributed by atoms with Crippen molar-refractivity contribution in [2.75, 3.05) is 18.8 Å². The fourth-order valence-electron chi connectivity index (χ4n) is 1.66. The Morgan fingerprint density at radius 2 is 2.28 bits per heavy atom. The van der Waals surface area contributed by atoms with Crippen molar-refractivity contribution in [2.24, 2.45) is 0 Å². The molecule has 0 saturated heterocycles. The highest BCUT2D eigenvalue weighted by molar-refractivity contribution is 5.76. The van der Waals surface area contributed by atoms with Crippen molar-refractivity contribution in [1.82, 2.24) is 9.47 Å². The molecule has 5 nitrogen and oxygen atoms in total. The van der Waals surface area contributed by atoms with Gasteiger partial charge in [0.2, 0.25) is 5.91 Å². The summed E-state index contributed by atoms with van der Waals surface area (Å²) in [7, 11) is 0. The third kappa shape index (κ3) is 3.76. The minimum absolute atomic E-state index is 0.0116. The van der Waals surface area contributed by atoms with Crippen molar-refractivity contribution >= 4 is 11.6 Å². The van der Waals surface area contributed by atoms with Gasteiger partial charge < -0.3 is 15.2 Å². The van der Waals surface area contributed by atoms with Crippen LogP contribution in [0.15, 0.2) is 35.8 Å². The van der Waals surface area contributed by atoms with E-state index in [2.05, 4.69) is 6.58 Å². The number of carbonyl (C=O) groups is 1. The maximum atomic E-state index is 12.0. The number of rotatable bonds is 6. The van der Waals surface area contributed by atoms with Crippen LogP contribution in [0.2, 0.25) is 0 Å². The number of nitrogen functional groups attached to an aromatic ring is 1.